The molecule has 0 amide bonds. The molecule has 3 rings (SSSR count). The van der Waals surface area contributed by atoms with Gasteiger partial charge in [0.2, 0.25) is 0 Å². The lowest BCUT2D eigenvalue weighted by Crippen LogP contribution is -2.15. The van der Waals surface area contributed by atoms with Crippen molar-refractivity contribution in [3.05, 3.63) is 15.6 Å². The van der Waals surface area contributed by atoms with Gasteiger partial charge < -0.3 is 5.32 Å². The van der Waals surface area contributed by atoms with E-state index >= 15 is 0 Å². The number of fused-ring (bicyclic) bond motifs is 1. The van der Waals surface area contributed by atoms with E-state index < -0.39 is 0 Å². The fourth-order valence-corrected chi connectivity index (χ4v) is 3.31. The molecule has 0 atom stereocenters. The Labute approximate surface area is 95.1 Å². The molecule has 2 aliphatic carbocycles. The molecule has 1 aromatic heterocycles. The van der Waals surface area contributed by atoms with Crippen LogP contribution in [0.5, 0.6) is 0 Å². The van der Waals surface area contributed by atoms with Crippen molar-refractivity contribution in [2.45, 2.75) is 45.1 Å². The molecule has 3 heteroatoms. The van der Waals surface area contributed by atoms with Crippen LogP contribution in [-0.4, -0.2) is 11.5 Å². The van der Waals surface area contributed by atoms with Crippen molar-refractivity contribution in [1.29, 1.82) is 0 Å². The number of aromatic nitrogens is 1. The lowest BCUT2D eigenvalue weighted by Gasteiger charge is -2.06. The van der Waals surface area contributed by atoms with E-state index in [0.29, 0.717) is 0 Å². The Balaban J connectivity index is 1.57. The molecule has 15 heavy (non-hydrogen) atoms. The number of rotatable bonds is 4. The van der Waals surface area contributed by atoms with Gasteiger partial charge in [0, 0.05) is 11.4 Å². The van der Waals surface area contributed by atoms with Crippen molar-refractivity contribution in [3.8, 4) is 0 Å². The van der Waals surface area contributed by atoms with Gasteiger partial charge in [-0.1, -0.05) is 0 Å². The number of hydrogen-bond donors (Lipinski definition) is 1. The Morgan fingerprint density at radius 2 is 2.13 bits per heavy atom. The molecule has 0 aliphatic heterocycles. The monoisotopic (exact) mass is 222 g/mol. The molecule has 1 saturated carbocycles. The molecule has 1 fully saturated rings. The maximum atomic E-state index is 4.72. The van der Waals surface area contributed by atoms with E-state index in [1.807, 2.05) is 11.3 Å². The van der Waals surface area contributed by atoms with Gasteiger partial charge in [-0.2, -0.15) is 0 Å². The van der Waals surface area contributed by atoms with Gasteiger partial charge in [-0.15, -0.1) is 11.3 Å². The zero-order valence-corrected chi connectivity index (χ0v) is 9.91. The Morgan fingerprint density at radius 1 is 1.27 bits per heavy atom. The molecule has 0 saturated heterocycles. The van der Waals surface area contributed by atoms with Crippen LogP contribution in [0.25, 0.3) is 0 Å². The van der Waals surface area contributed by atoms with Gasteiger partial charge >= 0.3 is 0 Å². The average Bonchev–Trinajstić information content (AvgIpc) is 2.97. The third kappa shape index (κ3) is 2.40. The smallest absolute Gasteiger partial charge is 0.107 e. The standard InChI is InChI=1S/C12H18N2S/c1-2-4-11-10(3-1)14-12(15-11)8-13-7-9-5-6-9/h9,13H,1-8H2. The molecule has 1 heterocycles. The summed E-state index contributed by atoms with van der Waals surface area (Å²) < 4.78 is 0. The molecular weight excluding hydrogens is 204 g/mol. The lowest BCUT2D eigenvalue weighted by molar-refractivity contribution is 0.632. The van der Waals surface area contributed by atoms with E-state index in [-0.39, 0.29) is 0 Å². The summed E-state index contributed by atoms with van der Waals surface area (Å²) in [5.41, 5.74) is 1.40. The van der Waals surface area contributed by atoms with Crippen LogP contribution >= 0.6 is 11.3 Å². The van der Waals surface area contributed by atoms with Crippen LogP contribution in [0.3, 0.4) is 0 Å². The topological polar surface area (TPSA) is 24.9 Å². The van der Waals surface area contributed by atoms with Crippen LogP contribution in [0.1, 0.15) is 41.3 Å². The van der Waals surface area contributed by atoms with Crippen molar-refractivity contribution in [3.63, 3.8) is 0 Å². The van der Waals surface area contributed by atoms with Gasteiger partial charge in [-0.05, 0) is 51.0 Å². The predicted molar refractivity (Wildman–Crippen MR) is 63.2 cm³/mol. The Hall–Kier alpha value is -0.410. The van der Waals surface area contributed by atoms with E-state index in [1.54, 1.807) is 4.88 Å². The normalized spacial score (nSPS) is 20.3. The van der Waals surface area contributed by atoms with E-state index in [4.69, 9.17) is 4.98 Å². The maximum Gasteiger partial charge on any atom is 0.107 e. The van der Waals surface area contributed by atoms with Crippen molar-refractivity contribution in [2.75, 3.05) is 6.54 Å². The first-order valence-corrected chi connectivity index (χ1v) is 6.91. The summed E-state index contributed by atoms with van der Waals surface area (Å²) >= 11 is 1.93. The molecule has 0 radical (unpaired) electrons. The molecule has 2 aliphatic rings. The third-order valence-electron chi connectivity index (χ3n) is 3.30. The minimum atomic E-state index is 0.972. The van der Waals surface area contributed by atoms with Gasteiger partial charge in [-0.25, -0.2) is 4.98 Å². The minimum absolute atomic E-state index is 0.972. The van der Waals surface area contributed by atoms with Gasteiger partial charge in [-0.3, -0.25) is 0 Å². The number of nitrogens with one attached hydrogen (secondary N) is 1. The minimum Gasteiger partial charge on any atom is -0.310 e. The summed E-state index contributed by atoms with van der Waals surface area (Å²) in [5, 5.41) is 4.83. The lowest BCUT2D eigenvalue weighted by atomic mass is 10.0. The Kier molecular flexibility index (Phi) is 2.76. The zero-order chi connectivity index (χ0) is 10.1. The van der Waals surface area contributed by atoms with Gasteiger partial charge in [0.05, 0.1) is 5.69 Å². The maximum absolute atomic E-state index is 4.72. The van der Waals surface area contributed by atoms with Crippen molar-refractivity contribution in [2.24, 2.45) is 5.92 Å². The molecule has 82 valence electrons. The number of aryl methyl sites for hydroxylation is 2. The molecule has 0 spiro atoms. The van der Waals surface area contributed by atoms with Crippen LogP contribution in [-0.2, 0) is 19.4 Å². The number of thiazole rings is 1. The summed E-state index contributed by atoms with van der Waals surface area (Å²) in [6, 6.07) is 0. The van der Waals surface area contributed by atoms with Crippen molar-refractivity contribution < 1.29 is 0 Å². The SMILES string of the molecule is C1CCc2sc(CNCC3CC3)nc2C1. The summed E-state index contributed by atoms with van der Waals surface area (Å²) in [6.45, 7) is 2.19. The summed E-state index contributed by atoms with van der Waals surface area (Å²) in [7, 11) is 0. The summed E-state index contributed by atoms with van der Waals surface area (Å²) in [4.78, 5) is 6.28. The second-order valence-corrected chi connectivity index (χ2v) is 5.93. The van der Waals surface area contributed by atoms with E-state index in [2.05, 4.69) is 5.32 Å². The van der Waals surface area contributed by atoms with Crippen LogP contribution in [0, 0.1) is 5.92 Å². The Bertz CT molecular complexity index is 318. The van der Waals surface area contributed by atoms with E-state index in [1.165, 1.54) is 55.8 Å². The van der Waals surface area contributed by atoms with Gasteiger partial charge in [0.25, 0.3) is 0 Å². The van der Waals surface area contributed by atoms with Crippen LogP contribution in [0.4, 0.5) is 0 Å². The quantitative estimate of drug-likeness (QED) is 0.846. The molecule has 1 aromatic rings. The third-order valence-corrected chi connectivity index (χ3v) is 4.45. The predicted octanol–water partition coefficient (Wildman–Crippen LogP) is 2.52. The number of nitrogens with zero attached hydrogens (tertiary/aromatic N) is 1. The first kappa shape index (κ1) is 9.79. The number of hydrogen-bond acceptors (Lipinski definition) is 3. The fourth-order valence-electron chi connectivity index (χ4n) is 2.19. The van der Waals surface area contributed by atoms with Crippen molar-refractivity contribution in [1.82, 2.24) is 10.3 Å². The highest BCUT2D eigenvalue weighted by molar-refractivity contribution is 7.11. The molecule has 0 bridgehead atoms. The second-order valence-electron chi connectivity index (χ2n) is 4.76. The van der Waals surface area contributed by atoms with Crippen molar-refractivity contribution >= 4 is 11.3 Å². The average molecular weight is 222 g/mol. The first-order chi connectivity index (χ1) is 7.42. The van der Waals surface area contributed by atoms with Crippen LogP contribution in [0.2, 0.25) is 0 Å². The molecule has 2 nitrogen and oxygen atoms in total. The largest absolute Gasteiger partial charge is 0.310 e. The Morgan fingerprint density at radius 3 is 2.93 bits per heavy atom. The molecule has 0 aromatic carbocycles. The first-order valence-electron chi connectivity index (χ1n) is 6.10. The molecule has 0 unspecified atom stereocenters. The van der Waals surface area contributed by atoms with Gasteiger partial charge in [0.1, 0.15) is 5.01 Å². The highest BCUT2D eigenvalue weighted by atomic mass is 32.1. The van der Waals surface area contributed by atoms with E-state index in [0.717, 1.165) is 12.5 Å². The summed E-state index contributed by atoms with van der Waals surface area (Å²) in [6.07, 6.45) is 8.06. The van der Waals surface area contributed by atoms with Gasteiger partial charge in [0.15, 0.2) is 0 Å². The summed E-state index contributed by atoms with van der Waals surface area (Å²) in [5.74, 6) is 0.972. The van der Waals surface area contributed by atoms with Crippen LogP contribution < -0.4 is 5.32 Å². The fraction of sp³-hybridized carbons (Fsp3) is 0.750. The van der Waals surface area contributed by atoms with Crippen LogP contribution in [0.15, 0.2) is 0 Å². The molecular formula is C12H18N2S. The second kappa shape index (κ2) is 4.22. The highest BCUT2D eigenvalue weighted by Gasteiger charge is 2.20. The van der Waals surface area contributed by atoms with E-state index in [9.17, 15) is 0 Å². The zero-order valence-electron chi connectivity index (χ0n) is 9.09. The molecule has 1 N–H and O–H groups in total. The highest BCUT2D eigenvalue weighted by Crippen LogP contribution is 2.28.